The van der Waals surface area contributed by atoms with Crippen LogP contribution in [0, 0.1) is 23.2 Å². The van der Waals surface area contributed by atoms with Crippen LogP contribution in [0.2, 0.25) is 0 Å². The molecule has 202 valence electrons. The number of nitrogens with one attached hydrogen (secondary N) is 3. The molecule has 1 aliphatic carbocycles. The lowest BCUT2D eigenvalue weighted by Gasteiger charge is -2.37. The van der Waals surface area contributed by atoms with Crippen LogP contribution in [0.25, 0.3) is 0 Å². The first-order chi connectivity index (χ1) is 16.8. The Morgan fingerprint density at radius 2 is 1.92 bits per heavy atom. The predicted molar refractivity (Wildman–Crippen MR) is 130 cm³/mol. The van der Waals surface area contributed by atoms with Gasteiger partial charge in [0.1, 0.15) is 12.1 Å². The van der Waals surface area contributed by atoms with Crippen molar-refractivity contribution < 1.29 is 28.4 Å². The Balaban J connectivity index is 1.85. The highest BCUT2D eigenvalue weighted by Crippen LogP contribution is 2.43. The van der Waals surface area contributed by atoms with E-state index in [1.54, 1.807) is 6.92 Å². The highest BCUT2D eigenvalue weighted by Gasteiger charge is 2.52. The normalized spacial score (nSPS) is 27.2. The molecule has 36 heavy (non-hydrogen) atoms. The Bertz CT molecular complexity index is 895. The molecule has 3 fully saturated rings. The average Bonchev–Trinajstić information content (AvgIpc) is 3.51. The molecule has 3 aliphatic rings. The zero-order valence-corrected chi connectivity index (χ0v) is 22.1. The molecular formula is C24H37ClFN5O5. The lowest BCUT2D eigenvalue weighted by atomic mass is 9.85. The molecule has 1 saturated carbocycles. The standard InChI is InChI=1S/C24H37ClFN5O5/c1-5-16(32)28-18(24(2,3)4)22(35)30-11-13-7-6-8-15(13)17(30)21(34)29-31(23(36)19(25)26)12-14-9-10-27-20(14)33/h13-15,17-19H,5-12H2,1-4H3,(H,27,33)(H,28,32)(H,29,34)/t13-,14-,15-,17-,18?,19?/m0/s1. The van der Waals surface area contributed by atoms with Crippen LogP contribution < -0.4 is 16.1 Å². The maximum atomic E-state index is 13.8. The number of fused-ring (bicyclic) bond motifs is 1. The van der Waals surface area contributed by atoms with Crippen LogP contribution >= 0.6 is 11.6 Å². The summed E-state index contributed by atoms with van der Waals surface area (Å²) in [6.07, 6.45) is 3.15. The van der Waals surface area contributed by atoms with Gasteiger partial charge in [-0.1, -0.05) is 45.7 Å². The van der Waals surface area contributed by atoms with Crippen molar-refractivity contribution in [3.05, 3.63) is 0 Å². The van der Waals surface area contributed by atoms with Gasteiger partial charge >= 0.3 is 0 Å². The van der Waals surface area contributed by atoms with Crippen molar-refractivity contribution in [2.75, 3.05) is 19.6 Å². The highest BCUT2D eigenvalue weighted by molar-refractivity contribution is 6.29. The van der Waals surface area contributed by atoms with Crippen LogP contribution in [-0.4, -0.2) is 76.8 Å². The van der Waals surface area contributed by atoms with Gasteiger partial charge in [-0.05, 0) is 36.5 Å². The fourth-order valence-electron chi connectivity index (χ4n) is 5.49. The summed E-state index contributed by atoms with van der Waals surface area (Å²) >= 11 is 5.40. The van der Waals surface area contributed by atoms with Gasteiger partial charge in [0.25, 0.3) is 17.4 Å². The van der Waals surface area contributed by atoms with Crippen LogP contribution in [0.15, 0.2) is 0 Å². The zero-order valence-electron chi connectivity index (χ0n) is 21.3. The summed E-state index contributed by atoms with van der Waals surface area (Å²) in [5, 5.41) is 6.21. The molecule has 0 aromatic carbocycles. The van der Waals surface area contributed by atoms with Gasteiger partial charge in [-0.2, -0.15) is 0 Å². The number of halogens is 2. The van der Waals surface area contributed by atoms with Gasteiger partial charge in [0.2, 0.25) is 17.7 Å². The van der Waals surface area contributed by atoms with Crippen molar-refractivity contribution in [2.24, 2.45) is 23.2 Å². The van der Waals surface area contributed by atoms with Crippen molar-refractivity contribution in [3.63, 3.8) is 0 Å². The molecule has 0 spiro atoms. The lowest BCUT2D eigenvalue weighted by molar-refractivity contribution is -0.150. The number of likely N-dealkylation sites (tertiary alicyclic amines) is 1. The van der Waals surface area contributed by atoms with Crippen LogP contribution in [0.3, 0.4) is 0 Å². The number of carbonyl (C=O) groups is 5. The van der Waals surface area contributed by atoms with E-state index in [1.807, 2.05) is 20.8 Å². The van der Waals surface area contributed by atoms with Crippen molar-refractivity contribution in [2.45, 2.75) is 77.5 Å². The molecule has 2 aliphatic heterocycles. The van der Waals surface area contributed by atoms with Crippen LogP contribution in [0.1, 0.15) is 59.8 Å². The third-order valence-electron chi connectivity index (χ3n) is 7.45. The van der Waals surface area contributed by atoms with Gasteiger partial charge in [0, 0.05) is 19.5 Å². The molecule has 0 aromatic rings. The summed E-state index contributed by atoms with van der Waals surface area (Å²) < 4.78 is 13.8. The minimum absolute atomic E-state index is 0.110. The first kappa shape index (κ1) is 28.1. The molecule has 2 unspecified atom stereocenters. The molecule has 0 radical (unpaired) electrons. The molecule has 3 N–H and O–H groups in total. The van der Waals surface area contributed by atoms with Crippen LogP contribution in [0.5, 0.6) is 0 Å². The Kier molecular flexibility index (Phi) is 8.84. The first-order valence-corrected chi connectivity index (χ1v) is 13.1. The lowest BCUT2D eigenvalue weighted by Crippen LogP contribution is -2.61. The molecule has 2 heterocycles. The fraction of sp³-hybridized carbons (Fsp3) is 0.792. The SMILES string of the molecule is CCC(=O)NC(C(=O)N1C[C@@H]2CCC[C@@H]2[C@H]1C(=O)NN(C[C@@H]1CCNC1=O)C(=O)C(F)Cl)C(C)(C)C. The Morgan fingerprint density at radius 3 is 2.47 bits per heavy atom. The number of carbonyl (C=O) groups excluding carboxylic acids is 5. The number of hydrogen-bond acceptors (Lipinski definition) is 5. The molecule has 3 rings (SSSR count). The van der Waals surface area contributed by atoms with E-state index in [-0.39, 0.29) is 42.5 Å². The molecule has 5 amide bonds. The minimum atomic E-state index is -2.40. The second-order valence-corrected chi connectivity index (χ2v) is 11.4. The van der Waals surface area contributed by atoms with Crippen molar-refractivity contribution in [1.29, 1.82) is 0 Å². The maximum absolute atomic E-state index is 13.8. The topological polar surface area (TPSA) is 128 Å². The summed E-state index contributed by atoms with van der Waals surface area (Å²) in [7, 11) is 0. The minimum Gasteiger partial charge on any atom is -0.356 e. The summed E-state index contributed by atoms with van der Waals surface area (Å²) in [6, 6.07) is -1.74. The Labute approximate surface area is 216 Å². The monoisotopic (exact) mass is 529 g/mol. The number of rotatable bonds is 7. The van der Waals surface area contributed by atoms with Gasteiger partial charge < -0.3 is 15.5 Å². The van der Waals surface area contributed by atoms with E-state index in [4.69, 9.17) is 11.6 Å². The molecule has 0 aromatic heterocycles. The van der Waals surface area contributed by atoms with E-state index >= 15 is 0 Å². The van der Waals surface area contributed by atoms with E-state index < -0.39 is 40.9 Å². The van der Waals surface area contributed by atoms with E-state index in [9.17, 15) is 28.4 Å². The summed E-state index contributed by atoms with van der Waals surface area (Å²) in [4.78, 5) is 65.5. The molecule has 12 heteroatoms. The molecular weight excluding hydrogens is 493 g/mol. The van der Waals surface area contributed by atoms with Gasteiger partial charge in [-0.15, -0.1) is 0 Å². The summed E-state index contributed by atoms with van der Waals surface area (Å²) in [5.74, 6) is -3.36. The van der Waals surface area contributed by atoms with E-state index in [0.717, 1.165) is 24.3 Å². The zero-order chi connectivity index (χ0) is 26.8. The van der Waals surface area contributed by atoms with Gasteiger partial charge in [-0.25, -0.2) is 9.40 Å². The van der Waals surface area contributed by atoms with E-state index in [1.165, 1.54) is 4.90 Å². The highest BCUT2D eigenvalue weighted by atomic mass is 35.5. The van der Waals surface area contributed by atoms with Crippen molar-refractivity contribution >= 4 is 41.1 Å². The third-order valence-corrected chi connectivity index (χ3v) is 7.63. The second kappa shape index (κ2) is 11.3. The van der Waals surface area contributed by atoms with E-state index in [0.29, 0.717) is 19.5 Å². The molecule has 2 saturated heterocycles. The number of hydrogen-bond donors (Lipinski definition) is 3. The number of alkyl halides is 2. The first-order valence-electron chi connectivity index (χ1n) is 12.6. The fourth-order valence-corrected chi connectivity index (χ4v) is 5.61. The van der Waals surface area contributed by atoms with Gasteiger partial charge in [0.05, 0.1) is 12.5 Å². The largest absolute Gasteiger partial charge is 0.356 e. The maximum Gasteiger partial charge on any atom is 0.291 e. The Hall–Kier alpha value is -2.43. The molecule has 10 nitrogen and oxygen atoms in total. The molecule has 0 bridgehead atoms. The summed E-state index contributed by atoms with van der Waals surface area (Å²) in [5.41, 5.74) is -0.537. The number of nitrogens with zero attached hydrogens (tertiary/aromatic N) is 2. The molecule has 6 atom stereocenters. The number of amides is 5. The smallest absolute Gasteiger partial charge is 0.291 e. The third kappa shape index (κ3) is 6.10. The van der Waals surface area contributed by atoms with Crippen molar-refractivity contribution in [3.8, 4) is 0 Å². The average molecular weight is 530 g/mol. The Morgan fingerprint density at radius 1 is 1.22 bits per heavy atom. The van der Waals surface area contributed by atoms with Crippen LogP contribution in [0.4, 0.5) is 4.39 Å². The van der Waals surface area contributed by atoms with E-state index in [2.05, 4.69) is 16.1 Å². The van der Waals surface area contributed by atoms with Crippen LogP contribution in [-0.2, 0) is 24.0 Å². The van der Waals surface area contributed by atoms with Gasteiger partial charge in [0.15, 0.2) is 0 Å². The summed E-state index contributed by atoms with van der Waals surface area (Å²) in [6.45, 7) is 7.77. The quantitative estimate of drug-likeness (QED) is 0.336. The van der Waals surface area contributed by atoms with Crippen molar-refractivity contribution in [1.82, 2.24) is 26.0 Å². The predicted octanol–water partition coefficient (Wildman–Crippen LogP) is 1.08. The number of hydrazine groups is 1. The van der Waals surface area contributed by atoms with Gasteiger partial charge in [-0.3, -0.25) is 29.4 Å². The second-order valence-electron chi connectivity index (χ2n) is 11.0.